The molecule has 2 rings (SSSR count). The highest BCUT2D eigenvalue weighted by atomic mass is 35.5. The minimum absolute atomic E-state index is 0.476. The van der Waals surface area contributed by atoms with Crippen LogP contribution in [0, 0.1) is 0 Å². The van der Waals surface area contributed by atoms with E-state index in [1.165, 1.54) is 12.5 Å². The molecule has 0 spiro atoms. The van der Waals surface area contributed by atoms with Gasteiger partial charge in [0.25, 0.3) is 0 Å². The Kier molecular flexibility index (Phi) is 3.10. The lowest BCUT2D eigenvalue weighted by Crippen LogP contribution is -1.86. The van der Waals surface area contributed by atoms with Gasteiger partial charge in [-0.3, -0.25) is 0 Å². The molecule has 0 N–H and O–H groups in total. The monoisotopic (exact) mass is 258 g/mol. The molecule has 0 atom stereocenters. The Labute approximate surface area is 102 Å². The third-order valence-electron chi connectivity index (χ3n) is 1.86. The summed E-state index contributed by atoms with van der Waals surface area (Å²) < 4.78 is 0. The number of rotatable bonds is 1. The normalized spacial score (nSPS) is 10.3. The maximum atomic E-state index is 5.95. The molecule has 0 saturated carbocycles. The quantitative estimate of drug-likeness (QED) is 0.770. The molecule has 0 saturated heterocycles. The number of hydrogen-bond acceptors (Lipinski definition) is 2. The van der Waals surface area contributed by atoms with E-state index in [9.17, 15) is 0 Å². The molecule has 0 aliphatic carbocycles. The van der Waals surface area contributed by atoms with Gasteiger partial charge in [-0.2, -0.15) is 0 Å². The fourth-order valence-electron chi connectivity index (χ4n) is 1.17. The van der Waals surface area contributed by atoms with Crippen LogP contribution in [0.2, 0.25) is 15.1 Å². The van der Waals surface area contributed by atoms with Crippen molar-refractivity contribution in [2.24, 2.45) is 0 Å². The highest BCUT2D eigenvalue weighted by molar-refractivity contribution is 6.42. The number of benzene rings is 1. The van der Waals surface area contributed by atoms with Gasteiger partial charge in [-0.05, 0) is 12.1 Å². The van der Waals surface area contributed by atoms with Crippen molar-refractivity contribution >= 4 is 34.8 Å². The van der Waals surface area contributed by atoms with Gasteiger partial charge in [0.05, 0.1) is 20.8 Å². The highest BCUT2D eigenvalue weighted by Gasteiger charge is 2.06. The summed E-state index contributed by atoms with van der Waals surface area (Å²) in [6.45, 7) is 0. The van der Waals surface area contributed by atoms with Crippen molar-refractivity contribution in [2.45, 2.75) is 0 Å². The van der Waals surface area contributed by atoms with Crippen LogP contribution in [0.4, 0.5) is 0 Å². The van der Waals surface area contributed by atoms with Crippen molar-refractivity contribution in [3.8, 4) is 11.3 Å². The van der Waals surface area contributed by atoms with Crippen molar-refractivity contribution in [1.82, 2.24) is 9.97 Å². The summed E-state index contributed by atoms with van der Waals surface area (Å²) in [7, 11) is 0. The minimum Gasteiger partial charge on any atom is -0.243 e. The van der Waals surface area contributed by atoms with E-state index >= 15 is 0 Å². The number of hydrogen-bond donors (Lipinski definition) is 0. The lowest BCUT2D eigenvalue weighted by Gasteiger charge is -2.03. The first-order valence-electron chi connectivity index (χ1n) is 4.09. The Hall–Kier alpha value is -0.830. The van der Waals surface area contributed by atoms with Crippen LogP contribution in [0.1, 0.15) is 0 Å². The van der Waals surface area contributed by atoms with Crippen molar-refractivity contribution < 1.29 is 0 Å². The molecule has 1 heterocycles. The van der Waals surface area contributed by atoms with Gasteiger partial charge in [0, 0.05) is 11.8 Å². The Morgan fingerprint density at radius 3 is 2.40 bits per heavy atom. The minimum atomic E-state index is 0.476. The Morgan fingerprint density at radius 2 is 1.73 bits per heavy atom. The molecule has 0 amide bonds. The van der Waals surface area contributed by atoms with Crippen molar-refractivity contribution in [1.29, 1.82) is 0 Å². The summed E-state index contributed by atoms with van der Waals surface area (Å²) in [4.78, 5) is 7.88. The first-order chi connectivity index (χ1) is 7.18. The predicted molar refractivity (Wildman–Crippen MR) is 62.5 cm³/mol. The zero-order valence-electron chi connectivity index (χ0n) is 7.42. The van der Waals surface area contributed by atoms with Gasteiger partial charge in [0.15, 0.2) is 0 Å². The van der Waals surface area contributed by atoms with Gasteiger partial charge < -0.3 is 0 Å². The lowest BCUT2D eigenvalue weighted by atomic mass is 10.1. The van der Waals surface area contributed by atoms with Crippen LogP contribution < -0.4 is 0 Å². The van der Waals surface area contributed by atoms with Crippen LogP contribution in [0.5, 0.6) is 0 Å². The van der Waals surface area contributed by atoms with E-state index < -0.39 is 0 Å². The van der Waals surface area contributed by atoms with E-state index in [4.69, 9.17) is 34.8 Å². The third-order valence-corrected chi connectivity index (χ3v) is 2.88. The number of aromatic nitrogens is 2. The predicted octanol–water partition coefficient (Wildman–Crippen LogP) is 4.10. The molecule has 1 aromatic carbocycles. The van der Waals surface area contributed by atoms with E-state index in [1.54, 1.807) is 12.1 Å². The van der Waals surface area contributed by atoms with Crippen LogP contribution in [-0.2, 0) is 0 Å². The van der Waals surface area contributed by atoms with Crippen molar-refractivity contribution in [3.05, 3.63) is 45.8 Å². The molecule has 2 nitrogen and oxygen atoms in total. The maximum absolute atomic E-state index is 5.95. The molecule has 2 aromatic rings. The summed E-state index contributed by atoms with van der Waals surface area (Å²) in [5, 5.41) is 1.46. The molecule has 0 aliphatic rings. The molecule has 0 bridgehead atoms. The SMILES string of the molecule is Clc1ccc(-c2ncncc2Cl)cc1Cl. The molecule has 0 fully saturated rings. The number of halogens is 3. The fourth-order valence-corrected chi connectivity index (χ4v) is 1.68. The molecule has 5 heteroatoms. The van der Waals surface area contributed by atoms with E-state index in [0.29, 0.717) is 20.8 Å². The van der Waals surface area contributed by atoms with Gasteiger partial charge in [0.2, 0.25) is 0 Å². The Balaban J connectivity index is 2.55. The average Bonchev–Trinajstić information content (AvgIpc) is 2.23. The summed E-state index contributed by atoms with van der Waals surface area (Å²) in [5.41, 5.74) is 1.46. The largest absolute Gasteiger partial charge is 0.243 e. The van der Waals surface area contributed by atoms with Gasteiger partial charge in [-0.15, -0.1) is 0 Å². The molecular formula is C10H5Cl3N2. The molecule has 1 aromatic heterocycles. The number of nitrogens with zero attached hydrogens (tertiary/aromatic N) is 2. The van der Waals surface area contributed by atoms with Crippen LogP contribution in [0.25, 0.3) is 11.3 Å². The molecular weight excluding hydrogens is 254 g/mol. The summed E-state index contributed by atoms with van der Waals surface area (Å²) in [5.74, 6) is 0. The third kappa shape index (κ3) is 2.23. The van der Waals surface area contributed by atoms with Crippen LogP contribution in [-0.4, -0.2) is 9.97 Å². The second kappa shape index (κ2) is 4.35. The smallest absolute Gasteiger partial charge is 0.116 e. The summed E-state index contributed by atoms with van der Waals surface area (Å²) in [6.07, 6.45) is 2.97. The zero-order valence-corrected chi connectivity index (χ0v) is 9.68. The van der Waals surface area contributed by atoms with Gasteiger partial charge in [-0.25, -0.2) is 9.97 Å². The van der Waals surface area contributed by atoms with E-state index in [2.05, 4.69) is 9.97 Å². The lowest BCUT2D eigenvalue weighted by molar-refractivity contribution is 1.17. The van der Waals surface area contributed by atoms with Crippen LogP contribution in [0.15, 0.2) is 30.7 Å². The van der Waals surface area contributed by atoms with Gasteiger partial charge in [-0.1, -0.05) is 40.9 Å². The van der Waals surface area contributed by atoms with E-state index in [-0.39, 0.29) is 0 Å². The molecule has 0 aliphatic heterocycles. The average molecular weight is 260 g/mol. The van der Waals surface area contributed by atoms with Gasteiger partial charge >= 0.3 is 0 Å². The van der Waals surface area contributed by atoms with E-state index in [0.717, 1.165) is 5.56 Å². The standard InChI is InChI=1S/C10H5Cl3N2/c11-7-2-1-6(3-8(7)12)10-9(13)4-14-5-15-10/h1-5H. The first kappa shape index (κ1) is 10.7. The summed E-state index contributed by atoms with van der Waals surface area (Å²) in [6, 6.07) is 5.23. The second-order valence-corrected chi connectivity index (χ2v) is 4.07. The van der Waals surface area contributed by atoms with Crippen LogP contribution in [0.3, 0.4) is 0 Å². The molecule has 15 heavy (non-hydrogen) atoms. The molecule has 0 unspecified atom stereocenters. The summed E-state index contributed by atoms with van der Waals surface area (Å²) >= 11 is 17.7. The fraction of sp³-hybridized carbons (Fsp3) is 0. The second-order valence-electron chi connectivity index (χ2n) is 2.85. The van der Waals surface area contributed by atoms with Crippen LogP contribution >= 0.6 is 34.8 Å². The van der Waals surface area contributed by atoms with Gasteiger partial charge in [0.1, 0.15) is 6.33 Å². The first-order valence-corrected chi connectivity index (χ1v) is 5.23. The van der Waals surface area contributed by atoms with Crippen molar-refractivity contribution in [3.63, 3.8) is 0 Å². The maximum Gasteiger partial charge on any atom is 0.116 e. The topological polar surface area (TPSA) is 25.8 Å². The van der Waals surface area contributed by atoms with Crippen molar-refractivity contribution in [2.75, 3.05) is 0 Å². The Bertz CT molecular complexity index is 500. The molecule has 0 radical (unpaired) electrons. The highest BCUT2D eigenvalue weighted by Crippen LogP contribution is 2.30. The zero-order chi connectivity index (χ0) is 10.8. The molecule has 76 valence electrons. The Morgan fingerprint density at radius 1 is 0.933 bits per heavy atom. The van der Waals surface area contributed by atoms with E-state index in [1.807, 2.05) is 6.07 Å².